The van der Waals surface area contributed by atoms with Gasteiger partial charge in [-0.1, -0.05) is 0 Å². The third kappa shape index (κ3) is 4.25. The lowest BCUT2D eigenvalue weighted by molar-refractivity contribution is -0.137. The van der Waals surface area contributed by atoms with Crippen LogP contribution in [0.3, 0.4) is 0 Å². The number of carbonyl (C=O) groups is 3. The van der Waals surface area contributed by atoms with Crippen molar-refractivity contribution in [3.8, 4) is 17.0 Å². The van der Waals surface area contributed by atoms with Crippen LogP contribution in [0.4, 0.5) is 4.79 Å². The van der Waals surface area contributed by atoms with Crippen LogP contribution in [0.5, 0.6) is 5.75 Å². The molecule has 1 N–H and O–H groups in total. The van der Waals surface area contributed by atoms with Gasteiger partial charge in [0.25, 0.3) is 11.1 Å². The number of methoxy groups -OCH3 is 1. The van der Waals surface area contributed by atoms with Gasteiger partial charge in [-0.3, -0.25) is 24.0 Å². The third-order valence-electron chi connectivity index (χ3n) is 4.15. The summed E-state index contributed by atoms with van der Waals surface area (Å²) in [4.78, 5) is 36.7. The van der Waals surface area contributed by atoms with Crippen molar-refractivity contribution in [2.24, 2.45) is 7.05 Å². The Bertz CT molecular complexity index is 949. The van der Waals surface area contributed by atoms with Gasteiger partial charge in [0.2, 0.25) is 0 Å². The van der Waals surface area contributed by atoms with E-state index in [9.17, 15) is 14.4 Å². The van der Waals surface area contributed by atoms with Gasteiger partial charge in [-0.05, 0) is 48.5 Å². The summed E-state index contributed by atoms with van der Waals surface area (Å²) in [7, 11) is 3.37. The summed E-state index contributed by atoms with van der Waals surface area (Å²) in [5.41, 5.74) is 2.25. The molecule has 0 bridgehead atoms. The minimum atomic E-state index is -0.956. The molecule has 0 unspecified atom stereocenters. The van der Waals surface area contributed by atoms with E-state index in [0.717, 1.165) is 28.0 Å². The topological polar surface area (TPSA) is 102 Å². The smallest absolute Gasteiger partial charge is 0.303 e. The Morgan fingerprint density at radius 3 is 2.64 bits per heavy atom. The molecule has 8 nitrogen and oxygen atoms in total. The van der Waals surface area contributed by atoms with Crippen LogP contribution in [0, 0.1) is 0 Å². The Balaban J connectivity index is 1.84. The second kappa shape index (κ2) is 8.30. The minimum Gasteiger partial charge on any atom is -0.497 e. The molecule has 3 rings (SSSR count). The van der Waals surface area contributed by atoms with Gasteiger partial charge in [0.15, 0.2) is 0 Å². The zero-order valence-corrected chi connectivity index (χ0v) is 16.2. The van der Waals surface area contributed by atoms with Crippen LogP contribution in [0.15, 0.2) is 35.4 Å². The van der Waals surface area contributed by atoms with Crippen molar-refractivity contribution >= 4 is 35.0 Å². The fraction of sp³-hybridized carbons (Fsp3) is 0.263. The molecule has 0 atom stereocenters. The molecule has 0 aliphatic carbocycles. The number of carbonyl (C=O) groups excluding carboxylic acids is 2. The normalized spacial score (nSPS) is 15.5. The van der Waals surface area contributed by atoms with Crippen molar-refractivity contribution in [2.45, 2.75) is 12.8 Å². The number of imide groups is 1. The predicted molar refractivity (Wildman–Crippen MR) is 105 cm³/mol. The lowest BCUT2D eigenvalue weighted by atomic mass is 10.1. The molecule has 1 aromatic heterocycles. The number of benzene rings is 1. The molecular weight excluding hydrogens is 382 g/mol. The fourth-order valence-corrected chi connectivity index (χ4v) is 3.66. The molecule has 0 spiro atoms. The second-order valence-electron chi connectivity index (χ2n) is 6.17. The van der Waals surface area contributed by atoms with Gasteiger partial charge in [-0.15, -0.1) is 0 Å². The maximum Gasteiger partial charge on any atom is 0.303 e. The number of amides is 2. The van der Waals surface area contributed by atoms with Crippen LogP contribution >= 0.6 is 11.8 Å². The first kappa shape index (κ1) is 19.7. The molecule has 9 heteroatoms. The van der Waals surface area contributed by atoms with Crippen LogP contribution in [0.1, 0.15) is 18.4 Å². The van der Waals surface area contributed by atoms with E-state index >= 15 is 0 Å². The van der Waals surface area contributed by atoms with Gasteiger partial charge in [0.05, 0.1) is 17.7 Å². The number of aromatic nitrogens is 2. The average molecular weight is 401 g/mol. The monoisotopic (exact) mass is 401 g/mol. The Kier molecular flexibility index (Phi) is 5.84. The number of carboxylic acids is 1. The number of nitrogens with zero attached hydrogens (tertiary/aromatic N) is 3. The van der Waals surface area contributed by atoms with Gasteiger partial charge in [0.1, 0.15) is 5.75 Å². The molecular formula is C19H19N3O5S. The molecule has 0 saturated carbocycles. The van der Waals surface area contributed by atoms with Gasteiger partial charge in [-0.2, -0.15) is 5.10 Å². The number of hydrogen-bond acceptors (Lipinski definition) is 6. The van der Waals surface area contributed by atoms with Crippen molar-refractivity contribution in [3.05, 3.63) is 40.9 Å². The first-order valence-corrected chi connectivity index (χ1v) is 9.36. The average Bonchev–Trinajstić information content (AvgIpc) is 3.15. The molecule has 2 heterocycles. The van der Waals surface area contributed by atoms with E-state index in [0.29, 0.717) is 16.2 Å². The van der Waals surface area contributed by atoms with E-state index in [2.05, 4.69) is 5.10 Å². The first-order chi connectivity index (χ1) is 13.4. The minimum absolute atomic E-state index is 0.0900. The summed E-state index contributed by atoms with van der Waals surface area (Å²) in [5.74, 6) is -0.643. The van der Waals surface area contributed by atoms with Crippen LogP contribution in [0.2, 0.25) is 0 Å². The number of aryl methyl sites for hydroxylation is 1. The standard InChI is InChI=1S/C19H19N3O5S/c1-21-11-13(17(20-21)12-5-7-14(27-2)8-6-12)10-15-18(25)22(19(26)28-15)9-3-4-16(23)24/h5-8,10-11H,3-4,9H2,1-2H3,(H,23,24). The number of aliphatic carboxylic acids is 1. The number of carboxylic acid groups (broad SMARTS) is 1. The Morgan fingerprint density at radius 2 is 2.00 bits per heavy atom. The van der Waals surface area contributed by atoms with Crippen molar-refractivity contribution in [1.29, 1.82) is 0 Å². The molecule has 146 valence electrons. The third-order valence-corrected chi connectivity index (χ3v) is 5.06. The molecule has 2 amide bonds. The summed E-state index contributed by atoms with van der Waals surface area (Å²) in [6.45, 7) is 0.0900. The zero-order chi connectivity index (χ0) is 20.3. The first-order valence-electron chi connectivity index (χ1n) is 8.54. The van der Waals surface area contributed by atoms with Gasteiger partial charge in [0, 0.05) is 37.3 Å². The number of ether oxygens (including phenoxy) is 1. The summed E-state index contributed by atoms with van der Waals surface area (Å²) in [6, 6.07) is 7.39. The van der Waals surface area contributed by atoms with Crippen molar-refractivity contribution in [3.63, 3.8) is 0 Å². The highest BCUT2D eigenvalue weighted by molar-refractivity contribution is 8.18. The summed E-state index contributed by atoms with van der Waals surface area (Å²) >= 11 is 0.849. The number of rotatable bonds is 7. The van der Waals surface area contributed by atoms with E-state index in [4.69, 9.17) is 9.84 Å². The molecule has 1 saturated heterocycles. The lowest BCUT2D eigenvalue weighted by Gasteiger charge is -2.10. The quantitative estimate of drug-likeness (QED) is 0.712. The van der Waals surface area contributed by atoms with E-state index in [1.165, 1.54) is 0 Å². The van der Waals surface area contributed by atoms with Gasteiger partial charge >= 0.3 is 5.97 Å². The maximum atomic E-state index is 12.6. The predicted octanol–water partition coefficient (Wildman–Crippen LogP) is 3.00. The fourth-order valence-electron chi connectivity index (χ4n) is 2.81. The summed E-state index contributed by atoms with van der Waals surface area (Å²) in [6.07, 6.45) is 3.56. The highest BCUT2D eigenvalue weighted by Gasteiger charge is 2.35. The van der Waals surface area contributed by atoms with Crippen LogP contribution < -0.4 is 4.74 Å². The van der Waals surface area contributed by atoms with Crippen molar-refractivity contribution in [2.75, 3.05) is 13.7 Å². The second-order valence-corrected chi connectivity index (χ2v) is 7.16. The lowest BCUT2D eigenvalue weighted by Crippen LogP contribution is -2.29. The maximum absolute atomic E-state index is 12.6. The van der Waals surface area contributed by atoms with E-state index < -0.39 is 17.1 Å². The molecule has 1 aliphatic heterocycles. The number of hydrogen-bond donors (Lipinski definition) is 1. The van der Waals surface area contributed by atoms with Gasteiger partial charge < -0.3 is 9.84 Å². The van der Waals surface area contributed by atoms with E-state index in [1.54, 1.807) is 31.1 Å². The van der Waals surface area contributed by atoms with Crippen LogP contribution in [0.25, 0.3) is 17.3 Å². The van der Waals surface area contributed by atoms with Gasteiger partial charge in [-0.25, -0.2) is 0 Å². The molecule has 0 radical (unpaired) electrons. The molecule has 28 heavy (non-hydrogen) atoms. The number of thioether (sulfide) groups is 1. The SMILES string of the molecule is COc1ccc(-c2nn(C)cc2C=C2SC(=O)N(CCCC(=O)O)C2=O)cc1. The summed E-state index contributed by atoms with van der Waals surface area (Å²) < 4.78 is 6.81. The highest BCUT2D eigenvalue weighted by atomic mass is 32.2. The molecule has 1 aromatic carbocycles. The van der Waals surface area contributed by atoms with Crippen molar-refractivity contribution in [1.82, 2.24) is 14.7 Å². The van der Waals surface area contributed by atoms with E-state index in [1.807, 2.05) is 24.3 Å². The van der Waals surface area contributed by atoms with Crippen LogP contribution in [-0.2, 0) is 16.6 Å². The Hall–Kier alpha value is -3.07. The van der Waals surface area contributed by atoms with Crippen LogP contribution in [-0.4, -0.2) is 50.6 Å². The summed E-state index contributed by atoms with van der Waals surface area (Å²) in [5, 5.41) is 12.8. The molecule has 1 fully saturated rings. The molecule has 2 aromatic rings. The Morgan fingerprint density at radius 1 is 1.29 bits per heavy atom. The largest absolute Gasteiger partial charge is 0.497 e. The van der Waals surface area contributed by atoms with Crippen molar-refractivity contribution < 1.29 is 24.2 Å². The Labute approximate surface area is 165 Å². The highest BCUT2D eigenvalue weighted by Crippen LogP contribution is 2.34. The zero-order valence-electron chi connectivity index (χ0n) is 15.4. The van der Waals surface area contributed by atoms with E-state index in [-0.39, 0.29) is 19.4 Å². The molecule has 1 aliphatic rings.